The minimum absolute atomic E-state index is 0.0691. The van der Waals surface area contributed by atoms with Gasteiger partial charge in [-0.25, -0.2) is 0 Å². The average molecular weight is 241 g/mol. The van der Waals surface area contributed by atoms with Gasteiger partial charge in [-0.1, -0.05) is 26.2 Å². The van der Waals surface area contributed by atoms with Crippen LogP contribution in [0, 0.1) is 5.92 Å². The number of morpholine rings is 1. The van der Waals surface area contributed by atoms with E-state index in [-0.39, 0.29) is 6.10 Å². The molecule has 2 aliphatic rings. The molecule has 1 saturated heterocycles. The second-order valence-electron chi connectivity index (χ2n) is 5.63. The van der Waals surface area contributed by atoms with Gasteiger partial charge < -0.3 is 9.84 Å². The molecule has 0 aromatic heterocycles. The summed E-state index contributed by atoms with van der Waals surface area (Å²) in [5.74, 6) is 0.494. The lowest BCUT2D eigenvalue weighted by Gasteiger charge is -2.35. The fourth-order valence-corrected chi connectivity index (χ4v) is 3.10. The molecule has 1 saturated carbocycles. The maximum absolute atomic E-state index is 10.1. The first-order valence-corrected chi connectivity index (χ1v) is 7.31. The van der Waals surface area contributed by atoms with Crippen LogP contribution in [-0.4, -0.2) is 48.5 Å². The van der Waals surface area contributed by atoms with Crippen LogP contribution in [0.4, 0.5) is 0 Å². The van der Waals surface area contributed by atoms with Gasteiger partial charge in [0.25, 0.3) is 0 Å². The Morgan fingerprint density at radius 3 is 2.88 bits per heavy atom. The molecule has 0 amide bonds. The number of hydrogen-bond acceptors (Lipinski definition) is 3. The molecule has 3 atom stereocenters. The number of nitrogens with zero attached hydrogens (tertiary/aromatic N) is 1. The van der Waals surface area contributed by atoms with Gasteiger partial charge in [-0.05, 0) is 25.2 Å². The molecule has 2 fully saturated rings. The van der Waals surface area contributed by atoms with Crippen molar-refractivity contribution in [2.24, 2.45) is 5.92 Å². The molecule has 1 heterocycles. The van der Waals surface area contributed by atoms with Crippen LogP contribution in [-0.2, 0) is 4.74 Å². The van der Waals surface area contributed by atoms with Gasteiger partial charge in [0, 0.05) is 19.6 Å². The van der Waals surface area contributed by atoms with Gasteiger partial charge in [0.15, 0.2) is 0 Å². The lowest BCUT2D eigenvalue weighted by molar-refractivity contribution is -0.0421. The molecular weight excluding hydrogens is 214 g/mol. The average Bonchev–Trinajstić information content (AvgIpc) is 2.55. The first-order valence-electron chi connectivity index (χ1n) is 7.31. The molecular formula is C14H27NO2. The van der Waals surface area contributed by atoms with Crippen LogP contribution in [0.15, 0.2) is 0 Å². The van der Waals surface area contributed by atoms with Crippen LogP contribution >= 0.6 is 0 Å². The number of rotatable bonds is 3. The maximum Gasteiger partial charge on any atom is 0.0700 e. The molecule has 17 heavy (non-hydrogen) atoms. The van der Waals surface area contributed by atoms with E-state index in [1.54, 1.807) is 0 Å². The molecule has 0 aromatic rings. The van der Waals surface area contributed by atoms with Gasteiger partial charge in [0.05, 0.1) is 18.8 Å². The summed E-state index contributed by atoms with van der Waals surface area (Å²) in [6, 6.07) is 0. The Labute approximate surface area is 105 Å². The van der Waals surface area contributed by atoms with Gasteiger partial charge in [-0.3, -0.25) is 4.90 Å². The minimum Gasteiger partial charge on any atom is -0.393 e. The summed E-state index contributed by atoms with van der Waals surface area (Å²) in [7, 11) is 0. The highest BCUT2D eigenvalue weighted by atomic mass is 16.5. The van der Waals surface area contributed by atoms with E-state index in [1.165, 1.54) is 25.7 Å². The molecule has 0 spiro atoms. The second kappa shape index (κ2) is 6.72. The number of aliphatic hydroxyl groups is 1. The van der Waals surface area contributed by atoms with Crippen LogP contribution in [0.2, 0.25) is 0 Å². The van der Waals surface area contributed by atoms with Crippen LogP contribution in [0.25, 0.3) is 0 Å². The summed E-state index contributed by atoms with van der Waals surface area (Å²) < 4.78 is 5.69. The standard InChI is InChI=1S/C14H27NO2/c1-2-13-11-15(8-9-17-13)10-12-6-4-3-5-7-14(12)16/h12-14,16H,2-11H2,1H3. The Balaban J connectivity index is 1.81. The van der Waals surface area contributed by atoms with Crippen molar-refractivity contribution in [3.8, 4) is 0 Å². The highest BCUT2D eigenvalue weighted by Crippen LogP contribution is 2.25. The molecule has 2 rings (SSSR count). The Hall–Kier alpha value is -0.120. The van der Waals surface area contributed by atoms with E-state index in [0.29, 0.717) is 12.0 Å². The van der Waals surface area contributed by atoms with Crippen LogP contribution < -0.4 is 0 Å². The minimum atomic E-state index is -0.0691. The summed E-state index contributed by atoms with van der Waals surface area (Å²) in [6.45, 7) is 6.22. The van der Waals surface area contributed by atoms with Crippen molar-refractivity contribution >= 4 is 0 Å². The molecule has 3 heteroatoms. The van der Waals surface area contributed by atoms with Crippen molar-refractivity contribution in [3.63, 3.8) is 0 Å². The van der Waals surface area contributed by atoms with E-state index in [9.17, 15) is 5.11 Å². The molecule has 3 unspecified atom stereocenters. The normalized spacial score (nSPS) is 36.7. The molecule has 1 aliphatic carbocycles. The van der Waals surface area contributed by atoms with Gasteiger partial charge in [0.2, 0.25) is 0 Å². The third-order valence-corrected chi connectivity index (χ3v) is 4.29. The molecule has 1 aliphatic heterocycles. The maximum atomic E-state index is 10.1. The van der Waals surface area contributed by atoms with E-state index >= 15 is 0 Å². The summed E-state index contributed by atoms with van der Waals surface area (Å²) in [6.07, 6.45) is 7.45. The van der Waals surface area contributed by atoms with Gasteiger partial charge >= 0.3 is 0 Å². The zero-order valence-electron chi connectivity index (χ0n) is 11.1. The fourth-order valence-electron chi connectivity index (χ4n) is 3.10. The Bertz CT molecular complexity index is 222. The Kier molecular flexibility index (Phi) is 5.26. The van der Waals surface area contributed by atoms with Crippen molar-refractivity contribution < 1.29 is 9.84 Å². The van der Waals surface area contributed by atoms with E-state index in [4.69, 9.17) is 4.74 Å². The highest BCUT2D eigenvalue weighted by Gasteiger charge is 2.26. The van der Waals surface area contributed by atoms with E-state index in [1.807, 2.05) is 0 Å². The van der Waals surface area contributed by atoms with Crippen LogP contribution in [0.5, 0.6) is 0 Å². The predicted octanol–water partition coefficient (Wildman–Crippen LogP) is 2.04. The topological polar surface area (TPSA) is 32.7 Å². The predicted molar refractivity (Wildman–Crippen MR) is 69.1 cm³/mol. The molecule has 0 aromatic carbocycles. The molecule has 3 nitrogen and oxygen atoms in total. The zero-order chi connectivity index (χ0) is 12.1. The molecule has 0 bridgehead atoms. The van der Waals surface area contributed by atoms with E-state index < -0.39 is 0 Å². The lowest BCUT2D eigenvalue weighted by Crippen LogP contribution is -2.45. The zero-order valence-corrected chi connectivity index (χ0v) is 11.1. The largest absolute Gasteiger partial charge is 0.393 e. The molecule has 0 radical (unpaired) electrons. The van der Waals surface area contributed by atoms with Gasteiger partial charge in [-0.15, -0.1) is 0 Å². The van der Waals surface area contributed by atoms with Gasteiger partial charge in [-0.2, -0.15) is 0 Å². The summed E-state index contributed by atoms with van der Waals surface area (Å²) >= 11 is 0. The summed E-state index contributed by atoms with van der Waals surface area (Å²) in [4.78, 5) is 2.50. The molecule has 100 valence electrons. The van der Waals surface area contributed by atoms with Crippen molar-refractivity contribution in [1.82, 2.24) is 4.90 Å². The quantitative estimate of drug-likeness (QED) is 0.768. The Morgan fingerprint density at radius 1 is 1.24 bits per heavy atom. The van der Waals surface area contributed by atoms with Crippen molar-refractivity contribution in [2.75, 3.05) is 26.2 Å². The molecule has 1 N–H and O–H groups in total. The number of hydrogen-bond donors (Lipinski definition) is 1. The monoisotopic (exact) mass is 241 g/mol. The lowest BCUT2D eigenvalue weighted by atomic mass is 9.96. The van der Waals surface area contributed by atoms with Crippen LogP contribution in [0.1, 0.15) is 45.4 Å². The van der Waals surface area contributed by atoms with Gasteiger partial charge in [0.1, 0.15) is 0 Å². The highest BCUT2D eigenvalue weighted by molar-refractivity contribution is 4.79. The number of aliphatic hydroxyl groups excluding tert-OH is 1. The number of ether oxygens (including phenoxy) is 1. The Morgan fingerprint density at radius 2 is 2.06 bits per heavy atom. The third-order valence-electron chi connectivity index (χ3n) is 4.29. The summed E-state index contributed by atoms with van der Waals surface area (Å²) in [5.41, 5.74) is 0. The SMILES string of the molecule is CCC1CN(CC2CCCCCC2O)CCO1. The second-order valence-corrected chi connectivity index (χ2v) is 5.63. The van der Waals surface area contributed by atoms with E-state index in [0.717, 1.165) is 39.1 Å². The van der Waals surface area contributed by atoms with Crippen molar-refractivity contribution in [3.05, 3.63) is 0 Å². The first kappa shape index (κ1) is 13.3. The third kappa shape index (κ3) is 3.94. The van der Waals surface area contributed by atoms with Crippen molar-refractivity contribution in [1.29, 1.82) is 0 Å². The van der Waals surface area contributed by atoms with Crippen molar-refractivity contribution in [2.45, 2.75) is 57.7 Å². The van der Waals surface area contributed by atoms with Crippen LogP contribution in [0.3, 0.4) is 0 Å². The fraction of sp³-hybridized carbons (Fsp3) is 1.00. The first-order chi connectivity index (χ1) is 8.29. The summed E-state index contributed by atoms with van der Waals surface area (Å²) in [5, 5.41) is 10.1. The smallest absolute Gasteiger partial charge is 0.0700 e. The van der Waals surface area contributed by atoms with E-state index in [2.05, 4.69) is 11.8 Å².